The van der Waals surface area contributed by atoms with Gasteiger partial charge in [0.15, 0.2) is 18.1 Å². The van der Waals surface area contributed by atoms with Crippen molar-refractivity contribution in [2.24, 2.45) is 5.10 Å². The van der Waals surface area contributed by atoms with Crippen LogP contribution in [-0.4, -0.2) is 31.3 Å². The molecule has 0 aliphatic carbocycles. The van der Waals surface area contributed by atoms with Gasteiger partial charge in [-0.1, -0.05) is 29.3 Å². The van der Waals surface area contributed by atoms with Crippen molar-refractivity contribution in [3.63, 3.8) is 0 Å². The van der Waals surface area contributed by atoms with E-state index in [4.69, 9.17) is 25.8 Å². The molecule has 1 amide bonds. The van der Waals surface area contributed by atoms with E-state index in [1.807, 2.05) is 26.0 Å². The average Bonchev–Trinajstić information content (AvgIpc) is 2.81. The van der Waals surface area contributed by atoms with E-state index < -0.39 is 11.9 Å². The number of hydrogen-bond donors (Lipinski definition) is 1. The number of amides is 1. The number of benzene rings is 3. The Hall–Kier alpha value is -3.84. The van der Waals surface area contributed by atoms with Crippen molar-refractivity contribution < 1.29 is 23.8 Å². The summed E-state index contributed by atoms with van der Waals surface area (Å²) in [5.41, 5.74) is 4.52. The monoisotopic (exact) mass is 466 g/mol. The predicted octanol–water partition coefficient (Wildman–Crippen LogP) is 4.80. The number of esters is 1. The van der Waals surface area contributed by atoms with Crippen molar-refractivity contribution in [1.82, 2.24) is 5.43 Å². The molecular formula is C25H23ClN2O5. The summed E-state index contributed by atoms with van der Waals surface area (Å²) < 4.78 is 16.5. The summed E-state index contributed by atoms with van der Waals surface area (Å²) in [4.78, 5) is 24.3. The van der Waals surface area contributed by atoms with Crippen LogP contribution in [0.25, 0.3) is 0 Å². The fourth-order valence-electron chi connectivity index (χ4n) is 2.70. The number of carbonyl (C=O) groups is 2. The number of ether oxygens (including phenoxy) is 3. The lowest BCUT2D eigenvalue weighted by atomic mass is 10.2. The summed E-state index contributed by atoms with van der Waals surface area (Å²) >= 11 is 5.85. The minimum absolute atomic E-state index is 0.163. The van der Waals surface area contributed by atoms with Crippen LogP contribution in [0.15, 0.2) is 71.8 Å². The van der Waals surface area contributed by atoms with Crippen LogP contribution in [0.4, 0.5) is 0 Å². The minimum Gasteiger partial charge on any atom is -0.490 e. The van der Waals surface area contributed by atoms with Gasteiger partial charge in [-0.25, -0.2) is 10.2 Å². The van der Waals surface area contributed by atoms with Crippen LogP contribution >= 0.6 is 11.6 Å². The quantitative estimate of drug-likeness (QED) is 0.212. The predicted molar refractivity (Wildman–Crippen MR) is 126 cm³/mol. The maximum Gasteiger partial charge on any atom is 0.343 e. The van der Waals surface area contributed by atoms with E-state index in [1.165, 1.54) is 6.21 Å². The smallest absolute Gasteiger partial charge is 0.343 e. The van der Waals surface area contributed by atoms with Crippen molar-refractivity contribution in [2.75, 3.05) is 13.2 Å². The molecule has 0 radical (unpaired) electrons. The molecule has 3 aromatic rings. The van der Waals surface area contributed by atoms with Crippen molar-refractivity contribution in [2.45, 2.75) is 13.8 Å². The first-order valence-corrected chi connectivity index (χ1v) is 10.6. The first kappa shape index (κ1) is 23.8. The van der Waals surface area contributed by atoms with Gasteiger partial charge in [0.2, 0.25) is 0 Å². The van der Waals surface area contributed by atoms with E-state index in [0.717, 1.165) is 5.56 Å². The molecule has 3 aromatic carbocycles. The van der Waals surface area contributed by atoms with Crippen molar-refractivity contribution in [3.05, 3.63) is 88.4 Å². The van der Waals surface area contributed by atoms with Crippen LogP contribution in [0.1, 0.15) is 28.4 Å². The van der Waals surface area contributed by atoms with E-state index in [2.05, 4.69) is 10.5 Å². The minimum atomic E-state index is -0.533. The number of hydrazone groups is 1. The number of hydrogen-bond acceptors (Lipinski definition) is 6. The van der Waals surface area contributed by atoms with Gasteiger partial charge in [0.25, 0.3) is 5.91 Å². The first-order chi connectivity index (χ1) is 15.9. The van der Waals surface area contributed by atoms with Gasteiger partial charge in [-0.15, -0.1) is 0 Å². The highest BCUT2D eigenvalue weighted by atomic mass is 35.5. The molecule has 0 fully saturated rings. The van der Waals surface area contributed by atoms with Gasteiger partial charge < -0.3 is 14.2 Å². The molecule has 7 nitrogen and oxygen atoms in total. The Balaban J connectivity index is 1.58. The molecule has 0 aliphatic heterocycles. The topological polar surface area (TPSA) is 86.2 Å². The summed E-state index contributed by atoms with van der Waals surface area (Å²) in [6, 6.07) is 18.7. The highest BCUT2D eigenvalue weighted by Gasteiger charge is 2.13. The summed E-state index contributed by atoms with van der Waals surface area (Å²) in [5.74, 6) is 0.312. The molecule has 8 heteroatoms. The molecule has 0 aromatic heterocycles. The number of rotatable bonds is 9. The standard InChI is InChI=1S/C25H23ClN2O5/c1-3-31-23-14-18(6-13-22(23)33-25(30)19-7-9-20(26)10-8-19)15-27-28-24(29)16-32-21-11-4-17(2)5-12-21/h4-15H,3,16H2,1-2H3,(H,28,29)/b27-15-. The van der Waals surface area contributed by atoms with Crippen molar-refractivity contribution >= 4 is 29.7 Å². The average molecular weight is 467 g/mol. The SMILES string of the molecule is CCOc1cc(/C=N\NC(=O)COc2ccc(C)cc2)ccc1OC(=O)c1ccc(Cl)cc1. The third kappa shape index (κ3) is 7.36. The molecule has 0 unspecified atom stereocenters. The molecule has 0 bridgehead atoms. The molecule has 0 saturated heterocycles. The number of aryl methyl sites for hydroxylation is 1. The van der Waals surface area contributed by atoms with E-state index in [-0.39, 0.29) is 12.4 Å². The normalized spacial score (nSPS) is 10.6. The van der Waals surface area contributed by atoms with Crippen LogP contribution in [0.2, 0.25) is 5.02 Å². The van der Waals surface area contributed by atoms with E-state index in [0.29, 0.717) is 34.3 Å². The molecule has 0 aliphatic rings. The lowest BCUT2D eigenvalue weighted by molar-refractivity contribution is -0.123. The fourth-order valence-corrected chi connectivity index (χ4v) is 2.82. The third-order valence-electron chi connectivity index (χ3n) is 4.34. The Bertz CT molecular complexity index is 1130. The second-order valence-corrected chi connectivity index (χ2v) is 7.37. The highest BCUT2D eigenvalue weighted by molar-refractivity contribution is 6.30. The second-order valence-electron chi connectivity index (χ2n) is 6.93. The van der Waals surface area contributed by atoms with E-state index in [1.54, 1.807) is 54.6 Å². The number of nitrogens with one attached hydrogen (secondary N) is 1. The Morgan fingerprint density at radius 3 is 2.39 bits per heavy atom. The van der Waals surface area contributed by atoms with Crippen LogP contribution in [0, 0.1) is 6.92 Å². The molecule has 0 atom stereocenters. The molecule has 170 valence electrons. The highest BCUT2D eigenvalue weighted by Crippen LogP contribution is 2.29. The van der Waals surface area contributed by atoms with Gasteiger partial charge >= 0.3 is 5.97 Å². The van der Waals surface area contributed by atoms with Gasteiger partial charge in [0.05, 0.1) is 18.4 Å². The van der Waals surface area contributed by atoms with Crippen LogP contribution in [0.3, 0.4) is 0 Å². The zero-order valence-electron chi connectivity index (χ0n) is 18.2. The fraction of sp³-hybridized carbons (Fsp3) is 0.160. The second kappa shape index (κ2) is 11.7. The zero-order chi connectivity index (χ0) is 23.6. The van der Waals surface area contributed by atoms with Gasteiger partial charge in [-0.3, -0.25) is 4.79 Å². The summed E-state index contributed by atoms with van der Waals surface area (Å²) in [7, 11) is 0. The molecule has 0 heterocycles. The number of carbonyl (C=O) groups excluding carboxylic acids is 2. The molecule has 0 saturated carbocycles. The molecule has 0 spiro atoms. The lowest BCUT2D eigenvalue weighted by Crippen LogP contribution is -2.24. The van der Waals surface area contributed by atoms with Gasteiger partial charge in [0, 0.05) is 5.02 Å². The van der Waals surface area contributed by atoms with E-state index in [9.17, 15) is 9.59 Å². The Morgan fingerprint density at radius 1 is 0.970 bits per heavy atom. The maximum absolute atomic E-state index is 12.4. The van der Waals surface area contributed by atoms with Gasteiger partial charge in [-0.05, 0) is 74.0 Å². The van der Waals surface area contributed by atoms with Crippen molar-refractivity contribution in [3.8, 4) is 17.2 Å². The molecule has 33 heavy (non-hydrogen) atoms. The largest absolute Gasteiger partial charge is 0.490 e. The zero-order valence-corrected chi connectivity index (χ0v) is 19.0. The van der Waals surface area contributed by atoms with Crippen molar-refractivity contribution in [1.29, 1.82) is 0 Å². The van der Waals surface area contributed by atoms with Crippen LogP contribution < -0.4 is 19.6 Å². The van der Waals surface area contributed by atoms with Gasteiger partial charge in [0.1, 0.15) is 5.75 Å². The maximum atomic E-state index is 12.4. The van der Waals surface area contributed by atoms with Crippen LogP contribution in [0.5, 0.6) is 17.2 Å². The Kier molecular flexibility index (Phi) is 8.43. The Labute approximate surface area is 196 Å². The third-order valence-corrected chi connectivity index (χ3v) is 4.60. The summed E-state index contributed by atoms with van der Waals surface area (Å²) in [5, 5.41) is 4.46. The van der Waals surface area contributed by atoms with Crippen LogP contribution in [-0.2, 0) is 4.79 Å². The molecular weight excluding hydrogens is 444 g/mol. The first-order valence-electron chi connectivity index (χ1n) is 10.2. The summed E-state index contributed by atoms with van der Waals surface area (Å²) in [6.07, 6.45) is 1.46. The Morgan fingerprint density at radius 2 is 1.70 bits per heavy atom. The molecule has 1 N–H and O–H groups in total. The number of nitrogens with zero attached hydrogens (tertiary/aromatic N) is 1. The molecule has 3 rings (SSSR count). The van der Waals surface area contributed by atoms with E-state index >= 15 is 0 Å². The summed E-state index contributed by atoms with van der Waals surface area (Å²) in [6.45, 7) is 4.00. The lowest BCUT2D eigenvalue weighted by Gasteiger charge is -2.11. The number of halogens is 1. The van der Waals surface area contributed by atoms with Gasteiger partial charge in [-0.2, -0.15) is 5.10 Å².